The number of fused-ring (bicyclic) bond motifs is 2. The molecule has 3 aliphatic rings. The van der Waals surface area contributed by atoms with Crippen molar-refractivity contribution in [3.8, 4) is 0 Å². The van der Waals surface area contributed by atoms with Crippen LogP contribution in [0.4, 0.5) is 0 Å². The Kier molecular flexibility index (Phi) is 2.72. The maximum absolute atomic E-state index is 3.86. The van der Waals surface area contributed by atoms with Crippen LogP contribution in [0, 0.1) is 5.92 Å². The molecule has 0 bridgehead atoms. The number of nitrogens with one attached hydrogen (secondary N) is 1. The topological polar surface area (TPSA) is 12.0 Å². The number of hydrogen-bond acceptors (Lipinski definition) is 1. The molecule has 3 unspecified atom stereocenters. The minimum absolute atomic E-state index is 0.638. The summed E-state index contributed by atoms with van der Waals surface area (Å²) < 4.78 is 0. The second kappa shape index (κ2) is 4.21. The van der Waals surface area contributed by atoms with E-state index in [0.717, 1.165) is 0 Å². The van der Waals surface area contributed by atoms with Gasteiger partial charge in [0.15, 0.2) is 0 Å². The van der Waals surface area contributed by atoms with Gasteiger partial charge in [-0.2, -0.15) is 0 Å². The van der Waals surface area contributed by atoms with E-state index in [0.29, 0.717) is 18.0 Å². The molecule has 3 rings (SSSR count). The molecular weight excluding hydrogens is 194 g/mol. The fraction of sp³-hybridized carbons (Fsp3) is 0.600. The summed E-state index contributed by atoms with van der Waals surface area (Å²) in [6.07, 6.45) is 15.8. The molecule has 0 spiro atoms. The van der Waals surface area contributed by atoms with E-state index in [1.54, 1.807) is 11.1 Å². The molecule has 3 atom stereocenters. The van der Waals surface area contributed by atoms with E-state index in [2.05, 4.69) is 36.5 Å². The van der Waals surface area contributed by atoms with Gasteiger partial charge in [0, 0.05) is 18.0 Å². The zero-order valence-corrected chi connectivity index (χ0v) is 10.1. The molecule has 0 radical (unpaired) electrons. The molecule has 1 N–H and O–H groups in total. The van der Waals surface area contributed by atoms with Gasteiger partial charge in [0.05, 0.1) is 0 Å². The normalized spacial score (nSPS) is 37.2. The zero-order valence-electron chi connectivity index (χ0n) is 10.1. The van der Waals surface area contributed by atoms with Gasteiger partial charge in [0.25, 0.3) is 0 Å². The fourth-order valence-corrected chi connectivity index (χ4v) is 3.51. The molecule has 1 saturated carbocycles. The summed E-state index contributed by atoms with van der Waals surface area (Å²) in [4.78, 5) is 0. The van der Waals surface area contributed by atoms with Crippen molar-refractivity contribution in [2.45, 2.75) is 51.1 Å². The molecule has 2 aliphatic carbocycles. The third kappa shape index (κ3) is 1.58. The smallest absolute Gasteiger partial charge is 0.0288 e. The number of hydrogen-bond donors (Lipinski definition) is 1. The lowest BCUT2D eigenvalue weighted by atomic mass is 9.74. The third-order valence-electron chi connectivity index (χ3n) is 4.33. The van der Waals surface area contributed by atoms with Crippen LogP contribution < -0.4 is 5.32 Å². The fourth-order valence-electron chi connectivity index (χ4n) is 3.51. The molecule has 1 aliphatic heterocycles. The van der Waals surface area contributed by atoms with Crippen LogP contribution in [-0.4, -0.2) is 12.1 Å². The highest BCUT2D eigenvalue weighted by molar-refractivity contribution is 5.42. The molecule has 1 nitrogen and oxygen atoms in total. The largest absolute Gasteiger partial charge is 0.307 e. The molecule has 1 heterocycles. The quantitative estimate of drug-likeness (QED) is 0.707. The molecule has 0 amide bonds. The Morgan fingerprint density at radius 3 is 3.12 bits per heavy atom. The second-order valence-electron chi connectivity index (χ2n) is 5.23. The van der Waals surface area contributed by atoms with Crippen LogP contribution >= 0.6 is 0 Å². The van der Waals surface area contributed by atoms with E-state index < -0.39 is 0 Å². The van der Waals surface area contributed by atoms with Crippen molar-refractivity contribution >= 4 is 0 Å². The van der Waals surface area contributed by atoms with Crippen LogP contribution in [0.5, 0.6) is 0 Å². The molecule has 86 valence electrons. The first kappa shape index (κ1) is 10.3. The molecule has 16 heavy (non-hydrogen) atoms. The SMILES string of the molecule is CCC1NC2CCCCC2=C2C=CC=CC21. The summed E-state index contributed by atoms with van der Waals surface area (Å²) in [5.41, 5.74) is 3.35. The van der Waals surface area contributed by atoms with Crippen LogP contribution in [-0.2, 0) is 0 Å². The number of allylic oxidation sites excluding steroid dienone is 3. The molecular formula is C15H21N. The Morgan fingerprint density at radius 1 is 1.31 bits per heavy atom. The lowest BCUT2D eigenvalue weighted by molar-refractivity contribution is 0.327. The van der Waals surface area contributed by atoms with Gasteiger partial charge in [-0.05, 0) is 36.8 Å². The van der Waals surface area contributed by atoms with E-state index in [-0.39, 0.29) is 0 Å². The van der Waals surface area contributed by atoms with E-state index in [1.165, 1.54) is 32.1 Å². The van der Waals surface area contributed by atoms with Crippen LogP contribution in [0.25, 0.3) is 0 Å². The van der Waals surface area contributed by atoms with Crippen LogP contribution in [0.15, 0.2) is 35.5 Å². The lowest BCUT2D eigenvalue weighted by Gasteiger charge is -2.42. The van der Waals surface area contributed by atoms with Crippen LogP contribution in [0.3, 0.4) is 0 Å². The van der Waals surface area contributed by atoms with Gasteiger partial charge < -0.3 is 5.32 Å². The first-order chi connectivity index (χ1) is 7.90. The first-order valence-corrected chi connectivity index (χ1v) is 6.74. The number of rotatable bonds is 1. The van der Waals surface area contributed by atoms with Crippen LogP contribution in [0.1, 0.15) is 39.0 Å². The Hall–Kier alpha value is -0.820. The molecule has 0 saturated heterocycles. The molecule has 0 aromatic heterocycles. The van der Waals surface area contributed by atoms with Gasteiger partial charge in [0.2, 0.25) is 0 Å². The van der Waals surface area contributed by atoms with Crippen molar-refractivity contribution in [2.24, 2.45) is 5.92 Å². The standard InChI is InChI=1S/C15H21N/c1-2-14-12-8-4-3-7-11(12)13-9-5-6-10-15(13)16-14/h3-4,7-8,12,14-16H,2,5-6,9-10H2,1H3. The Bertz CT molecular complexity index is 362. The summed E-state index contributed by atoms with van der Waals surface area (Å²) >= 11 is 0. The van der Waals surface area contributed by atoms with Gasteiger partial charge in [0.1, 0.15) is 0 Å². The highest BCUT2D eigenvalue weighted by atomic mass is 15.0. The molecule has 1 fully saturated rings. The lowest BCUT2D eigenvalue weighted by Crippen LogP contribution is -2.49. The summed E-state index contributed by atoms with van der Waals surface area (Å²) in [5.74, 6) is 0.638. The van der Waals surface area contributed by atoms with Crippen LogP contribution in [0.2, 0.25) is 0 Å². The average Bonchev–Trinajstić information content (AvgIpc) is 2.38. The minimum atomic E-state index is 0.638. The van der Waals surface area contributed by atoms with Crippen molar-refractivity contribution in [3.05, 3.63) is 35.5 Å². The Labute approximate surface area is 98.3 Å². The van der Waals surface area contributed by atoms with E-state index in [4.69, 9.17) is 0 Å². The predicted molar refractivity (Wildman–Crippen MR) is 68.3 cm³/mol. The van der Waals surface area contributed by atoms with E-state index >= 15 is 0 Å². The zero-order chi connectivity index (χ0) is 11.0. The van der Waals surface area contributed by atoms with Gasteiger partial charge in [-0.25, -0.2) is 0 Å². The van der Waals surface area contributed by atoms with Crippen molar-refractivity contribution in [3.63, 3.8) is 0 Å². The molecule has 0 aromatic rings. The van der Waals surface area contributed by atoms with E-state index in [9.17, 15) is 0 Å². The highest BCUT2D eigenvalue weighted by Crippen LogP contribution is 2.38. The monoisotopic (exact) mass is 215 g/mol. The van der Waals surface area contributed by atoms with E-state index in [1.807, 2.05) is 0 Å². The third-order valence-corrected chi connectivity index (χ3v) is 4.33. The summed E-state index contributed by atoms with van der Waals surface area (Å²) in [6, 6.07) is 1.34. The Balaban J connectivity index is 2.00. The maximum atomic E-state index is 3.86. The summed E-state index contributed by atoms with van der Waals surface area (Å²) in [7, 11) is 0. The predicted octanol–water partition coefficient (Wildman–Crippen LogP) is 3.35. The summed E-state index contributed by atoms with van der Waals surface area (Å²) in [5, 5.41) is 3.86. The van der Waals surface area contributed by atoms with Crippen molar-refractivity contribution in [2.75, 3.05) is 0 Å². The van der Waals surface area contributed by atoms with Gasteiger partial charge in [-0.3, -0.25) is 0 Å². The second-order valence-corrected chi connectivity index (χ2v) is 5.23. The molecule has 0 aromatic carbocycles. The van der Waals surface area contributed by atoms with Crippen molar-refractivity contribution in [1.29, 1.82) is 0 Å². The average molecular weight is 215 g/mol. The van der Waals surface area contributed by atoms with Crippen molar-refractivity contribution in [1.82, 2.24) is 5.32 Å². The first-order valence-electron chi connectivity index (χ1n) is 6.74. The van der Waals surface area contributed by atoms with Gasteiger partial charge in [-0.1, -0.05) is 37.6 Å². The minimum Gasteiger partial charge on any atom is -0.307 e. The molecule has 1 heteroatoms. The maximum Gasteiger partial charge on any atom is 0.0288 e. The van der Waals surface area contributed by atoms with Gasteiger partial charge in [-0.15, -0.1) is 0 Å². The summed E-state index contributed by atoms with van der Waals surface area (Å²) in [6.45, 7) is 2.30. The van der Waals surface area contributed by atoms with Crippen molar-refractivity contribution < 1.29 is 0 Å². The van der Waals surface area contributed by atoms with Gasteiger partial charge >= 0.3 is 0 Å². The highest BCUT2D eigenvalue weighted by Gasteiger charge is 2.34. The Morgan fingerprint density at radius 2 is 2.25 bits per heavy atom.